The van der Waals surface area contributed by atoms with E-state index in [0.29, 0.717) is 0 Å². The third-order valence-electron chi connectivity index (χ3n) is 6.37. The van der Waals surface area contributed by atoms with E-state index in [0.717, 1.165) is 32.6 Å². The molecule has 0 saturated carbocycles. The zero-order chi connectivity index (χ0) is 22.7. The molecule has 3 heteroatoms. The highest BCUT2D eigenvalue weighted by Crippen LogP contribution is 2.41. The minimum absolute atomic E-state index is 0.0306. The molecular weight excluding hydrogens is 422 g/mol. The van der Waals surface area contributed by atoms with Crippen molar-refractivity contribution < 1.29 is 4.42 Å². The molecule has 2 nitrogen and oxygen atoms in total. The smallest absolute Gasteiger partial charge is 0.134 e. The summed E-state index contributed by atoms with van der Waals surface area (Å²) in [6.45, 7) is 8.99. The minimum Gasteiger partial charge on any atom is -0.464 e. The number of hydrogen-bond acceptors (Lipinski definition) is 3. The van der Waals surface area contributed by atoms with E-state index in [1.165, 1.54) is 32.2 Å². The van der Waals surface area contributed by atoms with Crippen molar-refractivity contribution in [2.45, 2.75) is 33.1 Å². The van der Waals surface area contributed by atoms with Gasteiger partial charge in [0, 0.05) is 26.8 Å². The van der Waals surface area contributed by atoms with Crippen molar-refractivity contribution in [1.82, 2.24) is 4.98 Å². The van der Waals surface area contributed by atoms with Crippen LogP contribution in [0, 0.1) is 6.92 Å². The van der Waals surface area contributed by atoms with Gasteiger partial charge in [-0.3, -0.25) is 0 Å². The van der Waals surface area contributed by atoms with E-state index in [9.17, 15) is 0 Å². The number of pyridine rings is 1. The van der Waals surface area contributed by atoms with Crippen LogP contribution >= 0.6 is 11.3 Å². The van der Waals surface area contributed by atoms with Crippen LogP contribution in [0.15, 0.2) is 83.5 Å². The molecule has 0 aliphatic carbocycles. The second-order valence-electron chi connectivity index (χ2n) is 9.77. The SMILES string of the molecule is Cc1cc2c(-c3coc4ccccc34)cc(-c3cc(C(C)(C)C)c4ccccc4c3)nc2s1. The molecule has 3 aromatic carbocycles. The Balaban J connectivity index is 1.66. The fourth-order valence-electron chi connectivity index (χ4n) is 4.77. The molecule has 0 unspecified atom stereocenters. The number of thiophene rings is 1. The zero-order valence-corrected chi connectivity index (χ0v) is 20.1. The normalized spacial score (nSPS) is 12.2. The van der Waals surface area contributed by atoms with Crippen molar-refractivity contribution in [3.63, 3.8) is 0 Å². The molecule has 6 rings (SSSR count). The molecule has 33 heavy (non-hydrogen) atoms. The van der Waals surface area contributed by atoms with Crippen LogP contribution in [0.2, 0.25) is 0 Å². The summed E-state index contributed by atoms with van der Waals surface area (Å²) >= 11 is 1.75. The molecule has 0 radical (unpaired) electrons. The van der Waals surface area contributed by atoms with E-state index < -0.39 is 0 Å². The van der Waals surface area contributed by atoms with Gasteiger partial charge in [-0.25, -0.2) is 4.98 Å². The van der Waals surface area contributed by atoms with Gasteiger partial charge in [0.2, 0.25) is 0 Å². The van der Waals surface area contributed by atoms with Crippen molar-refractivity contribution in [3.8, 4) is 22.4 Å². The number of aromatic nitrogens is 1. The van der Waals surface area contributed by atoms with Crippen LogP contribution in [0.5, 0.6) is 0 Å². The summed E-state index contributed by atoms with van der Waals surface area (Å²) in [5, 5.41) is 4.88. The summed E-state index contributed by atoms with van der Waals surface area (Å²) in [4.78, 5) is 7.46. The van der Waals surface area contributed by atoms with E-state index >= 15 is 0 Å². The molecule has 0 fully saturated rings. The van der Waals surface area contributed by atoms with Crippen LogP contribution in [0.25, 0.3) is 54.3 Å². The second-order valence-corrected chi connectivity index (χ2v) is 11.0. The molecule has 0 aliphatic rings. The van der Waals surface area contributed by atoms with Crippen LogP contribution in [0.3, 0.4) is 0 Å². The lowest BCUT2D eigenvalue weighted by molar-refractivity contribution is 0.596. The minimum atomic E-state index is 0.0306. The van der Waals surface area contributed by atoms with Gasteiger partial charge in [-0.2, -0.15) is 0 Å². The van der Waals surface area contributed by atoms with Crippen molar-refractivity contribution in [1.29, 1.82) is 0 Å². The average molecular weight is 448 g/mol. The Morgan fingerprint density at radius 2 is 1.55 bits per heavy atom. The maximum atomic E-state index is 5.91. The first-order chi connectivity index (χ1) is 15.9. The van der Waals surface area contributed by atoms with Gasteiger partial charge in [0.05, 0.1) is 12.0 Å². The standard InChI is InChI=1S/C30H25NOS/c1-18-13-24-23(25-17-32-28-12-8-7-11-22(25)28)16-27(31-29(24)33-18)20-14-19-9-5-6-10-21(19)26(15-20)30(2,3)4/h5-17H,1-4H3. The van der Waals surface area contributed by atoms with Gasteiger partial charge in [-0.15, -0.1) is 11.3 Å². The summed E-state index contributed by atoms with van der Waals surface area (Å²) in [7, 11) is 0. The van der Waals surface area contributed by atoms with Crippen LogP contribution in [0.4, 0.5) is 0 Å². The zero-order valence-electron chi connectivity index (χ0n) is 19.3. The highest BCUT2D eigenvalue weighted by atomic mass is 32.1. The number of benzene rings is 3. The Morgan fingerprint density at radius 1 is 0.788 bits per heavy atom. The molecule has 0 aliphatic heterocycles. The third-order valence-corrected chi connectivity index (χ3v) is 7.31. The first kappa shape index (κ1) is 20.2. The van der Waals surface area contributed by atoms with Crippen LogP contribution in [-0.2, 0) is 5.41 Å². The summed E-state index contributed by atoms with van der Waals surface area (Å²) < 4.78 is 5.91. The summed E-state index contributed by atoms with van der Waals surface area (Å²) in [6.07, 6.45) is 1.89. The highest BCUT2D eigenvalue weighted by molar-refractivity contribution is 7.18. The van der Waals surface area contributed by atoms with Crippen LogP contribution in [-0.4, -0.2) is 4.98 Å². The maximum Gasteiger partial charge on any atom is 0.134 e. The first-order valence-electron chi connectivity index (χ1n) is 11.3. The Kier molecular flexibility index (Phi) is 4.46. The van der Waals surface area contributed by atoms with Crippen LogP contribution in [0.1, 0.15) is 31.2 Å². The van der Waals surface area contributed by atoms with E-state index in [4.69, 9.17) is 9.40 Å². The van der Waals surface area contributed by atoms with Crippen molar-refractivity contribution in [2.75, 3.05) is 0 Å². The number of hydrogen-bond donors (Lipinski definition) is 0. The molecule has 0 bridgehead atoms. The maximum absolute atomic E-state index is 5.91. The lowest BCUT2D eigenvalue weighted by Crippen LogP contribution is -2.12. The topological polar surface area (TPSA) is 26.0 Å². The molecule has 3 aromatic heterocycles. The quantitative estimate of drug-likeness (QED) is 0.264. The van der Waals surface area contributed by atoms with Gasteiger partial charge < -0.3 is 4.42 Å². The Morgan fingerprint density at radius 3 is 2.36 bits per heavy atom. The summed E-state index contributed by atoms with van der Waals surface area (Å²) in [6, 6.07) is 26.0. The Bertz CT molecular complexity index is 1660. The Hall–Kier alpha value is -3.43. The van der Waals surface area contributed by atoms with Gasteiger partial charge >= 0.3 is 0 Å². The van der Waals surface area contributed by atoms with E-state index in [2.05, 4.69) is 88.4 Å². The van der Waals surface area contributed by atoms with Crippen molar-refractivity contribution in [3.05, 3.63) is 89.5 Å². The number of aryl methyl sites for hydroxylation is 1. The average Bonchev–Trinajstić information content (AvgIpc) is 3.39. The monoisotopic (exact) mass is 447 g/mol. The molecule has 0 atom stereocenters. The molecule has 0 spiro atoms. The summed E-state index contributed by atoms with van der Waals surface area (Å²) in [5.41, 5.74) is 6.73. The van der Waals surface area contributed by atoms with E-state index in [-0.39, 0.29) is 5.41 Å². The number of nitrogens with zero attached hydrogens (tertiary/aromatic N) is 1. The lowest BCUT2D eigenvalue weighted by Gasteiger charge is -2.23. The predicted octanol–water partition coefficient (Wildman–Crippen LogP) is 9.14. The molecule has 3 heterocycles. The van der Waals surface area contributed by atoms with Gasteiger partial charge in [0.25, 0.3) is 0 Å². The molecule has 0 N–H and O–H groups in total. The largest absolute Gasteiger partial charge is 0.464 e. The van der Waals surface area contributed by atoms with E-state index in [1.54, 1.807) is 11.3 Å². The van der Waals surface area contributed by atoms with Gasteiger partial charge in [-0.1, -0.05) is 63.2 Å². The van der Waals surface area contributed by atoms with Crippen molar-refractivity contribution >= 4 is 43.3 Å². The molecule has 162 valence electrons. The number of para-hydroxylation sites is 1. The highest BCUT2D eigenvalue weighted by Gasteiger charge is 2.20. The van der Waals surface area contributed by atoms with E-state index in [1.807, 2.05) is 18.4 Å². The Labute approximate surface area is 197 Å². The third kappa shape index (κ3) is 3.35. The molecule has 6 aromatic rings. The molecular formula is C30H25NOS. The second kappa shape index (κ2) is 7.29. The fraction of sp³-hybridized carbons (Fsp3) is 0.167. The number of fused-ring (bicyclic) bond motifs is 3. The first-order valence-corrected chi connectivity index (χ1v) is 12.1. The molecule has 0 saturated heterocycles. The van der Waals surface area contributed by atoms with Gasteiger partial charge in [-0.05, 0) is 64.6 Å². The number of furan rings is 1. The van der Waals surface area contributed by atoms with Gasteiger partial charge in [0.1, 0.15) is 10.4 Å². The fourth-order valence-corrected chi connectivity index (χ4v) is 5.67. The van der Waals surface area contributed by atoms with Gasteiger partial charge in [0.15, 0.2) is 0 Å². The van der Waals surface area contributed by atoms with Crippen molar-refractivity contribution in [2.24, 2.45) is 0 Å². The number of rotatable bonds is 2. The molecule has 0 amide bonds. The predicted molar refractivity (Wildman–Crippen MR) is 141 cm³/mol. The lowest BCUT2D eigenvalue weighted by atomic mass is 9.82. The summed E-state index contributed by atoms with van der Waals surface area (Å²) in [5.74, 6) is 0. The van der Waals surface area contributed by atoms with Crippen LogP contribution < -0.4 is 0 Å².